The molecule has 1 fully saturated rings. The molecule has 0 saturated carbocycles. The highest BCUT2D eigenvalue weighted by molar-refractivity contribution is 5.09. The van der Waals surface area contributed by atoms with Crippen LogP contribution in [0.4, 0.5) is 0 Å². The molecule has 1 aliphatic heterocycles. The maximum atomic E-state index is 11.3. The predicted octanol–water partition coefficient (Wildman–Crippen LogP) is 0.321. The van der Waals surface area contributed by atoms with Crippen LogP contribution in [0.5, 0.6) is 5.88 Å². The van der Waals surface area contributed by atoms with Gasteiger partial charge >= 0.3 is 0 Å². The van der Waals surface area contributed by atoms with E-state index >= 15 is 0 Å². The summed E-state index contributed by atoms with van der Waals surface area (Å²) in [6, 6.07) is 1.36. The zero-order chi connectivity index (χ0) is 11.4. The molecule has 88 valence electrons. The van der Waals surface area contributed by atoms with Gasteiger partial charge in [-0.05, 0) is 31.8 Å². The molecule has 0 aliphatic carbocycles. The van der Waals surface area contributed by atoms with Crippen LogP contribution in [-0.2, 0) is 6.42 Å². The molecule has 1 unspecified atom stereocenters. The molecule has 0 spiro atoms. The maximum Gasteiger partial charge on any atom is 0.254 e. The number of hydrogen-bond acceptors (Lipinski definition) is 4. The maximum absolute atomic E-state index is 11.3. The number of nitrogens with one attached hydrogen (secondary N) is 2. The summed E-state index contributed by atoms with van der Waals surface area (Å²) in [7, 11) is 1.52. The van der Waals surface area contributed by atoms with Crippen LogP contribution in [0.3, 0.4) is 0 Å². The van der Waals surface area contributed by atoms with Gasteiger partial charge in [-0.1, -0.05) is 0 Å². The molecule has 0 amide bonds. The second-order valence-corrected chi connectivity index (χ2v) is 4.15. The van der Waals surface area contributed by atoms with E-state index < -0.39 is 0 Å². The van der Waals surface area contributed by atoms with Crippen molar-refractivity contribution in [1.29, 1.82) is 0 Å². The fraction of sp³-hybridized carbons (Fsp3) is 0.636. The van der Waals surface area contributed by atoms with Crippen LogP contribution in [0.15, 0.2) is 10.9 Å². The number of hydrogen-bond donors (Lipinski definition) is 2. The minimum absolute atomic E-state index is 0.148. The summed E-state index contributed by atoms with van der Waals surface area (Å²) in [5, 5.41) is 3.35. The Labute approximate surface area is 94.2 Å². The number of ether oxygens (including phenoxy) is 1. The molecule has 1 aliphatic rings. The molecule has 5 heteroatoms. The zero-order valence-corrected chi connectivity index (χ0v) is 9.45. The Morgan fingerprint density at radius 1 is 1.62 bits per heavy atom. The molecule has 1 aromatic heterocycles. The van der Waals surface area contributed by atoms with Crippen molar-refractivity contribution < 1.29 is 4.74 Å². The van der Waals surface area contributed by atoms with E-state index in [9.17, 15) is 4.79 Å². The van der Waals surface area contributed by atoms with Gasteiger partial charge in [0.05, 0.1) is 13.2 Å². The van der Waals surface area contributed by atoms with Crippen LogP contribution < -0.4 is 15.6 Å². The van der Waals surface area contributed by atoms with Crippen molar-refractivity contribution in [3.63, 3.8) is 0 Å². The number of H-pyrrole nitrogens is 1. The third kappa shape index (κ3) is 2.82. The second-order valence-electron chi connectivity index (χ2n) is 4.15. The van der Waals surface area contributed by atoms with Gasteiger partial charge in [-0.3, -0.25) is 4.79 Å². The van der Waals surface area contributed by atoms with E-state index in [0.29, 0.717) is 11.8 Å². The molecule has 0 aromatic carbocycles. The Bertz CT molecular complexity index is 396. The van der Waals surface area contributed by atoms with E-state index in [-0.39, 0.29) is 5.56 Å². The van der Waals surface area contributed by atoms with Crippen LogP contribution in [0, 0.1) is 5.92 Å². The molecule has 0 radical (unpaired) electrons. The van der Waals surface area contributed by atoms with Gasteiger partial charge in [-0.15, -0.1) is 0 Å². The van der Waals surface area contributed by atoms with Gasteiger partial charge in [-0.25, -0.2) is 4.98 Å². The van der Waals surface area contributed by atoms with E-state index in [1.165, 1.54) is 26.0 Å². The van der Waals surface area contributed by atoms with Gasteiger partial charge in [-0.2, -0.15) is 0 Å². The highest BCUT2D eigenvalue weighted by Crippen LogP contribution is 2.14. The molecule has 2 rings (SSSR count). The molecule has 1 aromatic rings. The lowest BCUT2D eigenvalue weighted by Crippen LogP contribution is -2.31. The third-order valence-corrected chi connectivity index (χ3v) is 2.86. The van der Waals surface area contributed by atoms with Crippen LogP contribution in [0.2, 0.25) is 0 Å². The fourth-order valence-electron chi connectivity index (χ4n) is 2.06. The van der Waals surface area contributed by atoms with Gasteiger partial charge < -0.3 is 15.0 Å². The predicted molar refractivity (Wildman–Crippen MR) is 60.7 cm³/mol. The van der Waals surface area contributed by atoms with Gasteiger partial charge in [0.2, 0.25) is 5.88 Å². The summed E-state index contributed by atoms with van der Waals surface area (Å²) >= 11 is 0. The molecule has 5 nitrogen and oxygen atoms in total. The monoisotopic (exact) mass is 223 g/mol. The van der Waals surface area contributed by atoms with Crippen molar-refractivity contribution in [2.45, 2.75) is 19.3 Å². The van der Waals surface area contributed by atoms with E-state index in [0.717, 1.165) is 25.3 Å². The summed E-state index contributed by atoms with van der Waals surface area (Å²) in [5.74, 6) is 1.67. The van der Waals surface area contributed by atoms with Crippen molar-refractivity contribution in [2.24, 2.45) is 5.92 Å². The largest absolute Gasteiger partial charge is 0.481 e. The SMILES string of the molecule is COc1cc(=O)[nH]c(CC2CCCNC2)n1. The Morgan fingerprint density at radius 3 is 3.19 bits per heavy atom. The summed E-state index contributed by atoms with van der Waals surface area (Å²) in [5.41, 5.74) is -0.148. The van der Waals surface area contributed by atoms with Gasteiger partial charge in [0.1, 0.15) is 5.82 Å². The molecule has 1 atom stereocenters. The quantitative estimate of drug-likeness (QED) is 0.774. The van der Waals surface area contributed by atoms with E-state index in [2.05, 4.69) is 15.3 Å². The molecular formula is C11H17N3O2. The van der Waals surface area contributed by atoms with Crippen molar-refractivity contribution in [1.82, 2.24) is 15.3 Å². The molecular weight excluding hydrogens is 206 g/mol. The Kier molecular flexibility index (Phi) is 3.56. The lowest BCUT2D eigenvalue weighted by molar-refractivity contribution is 0.363. The van der Waals surface area contributed by atoms with Crippen LogP contribution in [0.25, 0.3) is 0 Å². The van der Waals surface area contributed by atoms with E-state index in [1.54, 1.807) is 0 Å². The Hall–Kier alpha value is -1.36. The fourth-order valence-corrected chi connectivity index (χ4v) is 2.06. The highest BCUT2D eigenvalue weighted by atomic mass is 16.5. The topological polar surface area (TPSA) is 67.0 Å². The van der Waals surface area contributed by atoms with Crippen molar-refractivity contribution in [2.75, 3.05) is 20.2 Å². The van der Waals surface area contributed by atoms with Gasteiger partial charge in [0.15, 0.2) is 0 Å². The number of rotatable bonds is 3. The van der Waals surface area contributed by atoms with E-state index in [4.69, 9.17) is 4.74 Å². The Balaban J connectivity index is 2.07. The van der Waals surface area contributed by atoms with Gasteiger partial charge in [0.25, 0.3) is 5.56 Å². The number of aromatic amines is 1. The number of piperidine rings is 1. The summed E-state index contributed by atoms with van der Waals surface area (Å²) in [4.78, 5) is 18.3. The van der Waals surface area contributed by atoms with Crippen LogP contribution >= 0.6 is 0 Å². The smallest absolute Gasteiger partial charge is 0.254 e. The summed E-state index contributed by atoms with van der Waals surface area (Å²) < 4.78 is 4.98. The first kappa shape index (κ1) is 11.1. The minimum Gasteiger partial charge on any atom is -0.481 e. The van der Waals surface area contributed by atoms with Crippen molar-refractivity contribution in [3.05, 3.63) is 22.2 Å². The number of aromatic nitrogens is 2. The van der Waals surface area contributed by atoms with Crippen molar-refractivity contribution >= 4 is 0 Å². The van der Waals surface area contributed by atoms with Crippen LogP contribution in [0.1, 0.15) is 18.7 Å². The minimum atomic E-state index is -0.148. The second kappa shape index (κ2) is 5.12. The Morgan fingerprint density at radius 2 is 2.50 bits per heavy atom. The normalized spacial score (nSPS) is 20.7. The lowest BCUT2D eigenvalue weighted by Gasteiger charge is -2.22. The first-order chi connectivity index (χ1) is 7.78. The standard InChI is InChI=1S/C11H17N3O2/c1-16-11-6-10(15)13-9(14-11)5-8-3-2-4-12-7-8/h6,8,12H,2-5,7H2,1H3,(H,13,14,15). The van der Waals surface area contributed by atoms with Gasteiger partial charge in [0, 0.05) is 6.42 Å². The molecule has 0 bridgehead atoms. The summed E-state index contributed by atoms with van der Waals surface area (Å²) in [6.07, 6.45) is 3.19. The summed E-state index contributed by atoms with van der Waals surface area (Å²) in [6.45, 7) is 2.10. The molecule has 2 heterocycles. The zero-order valence-electron chi connectivity index (χ0n) is 9.45. The lowest BCUT2D eigenvalue weighted by atomic mass is 9.96. The average Bonchev–Trinajstić information content (AvgIpc) is 2.29. The molecule has 16 heavy (non-hydrogen) atoms. The molecule has 2 N–H and O–H groups in total. The number of methoxy groups -OCH3 is 1. The van der Waals surface area contributed by atoms with Crippen LogP contribution in [-0.4, -0.2) is 30.2 Å². The first-order valence-electron chi connectivity index (χ1n) is 5.63. The average molecular weight is 223 g/mol. The number of nitrogens with zero attached hydrogens (tertiary/aromatic N) is 1. The molecule has 1 saturated heterocycles. The van der Waals surface area contributed by atoms with E-state index in [1.807, 2.05) is 0 Å². The van der Waals surface area contributed by atoms with Crippen molar-refractivity contribution in [3.8, 4) is 5.88 Å². The first-order valence-corrected chi connectivity index (χ1v) is 5.63. The highest BCUT2D eigenvalue weighted by Gasteiger charge is 2.15. The third-order valence-electron chi connectivity index (χ3n) is 2.86.